The fourth-order valence-corrected chi connectivity index (χ4v) is 11.1. The highest BCUT2D eigenvalue weighted by molar-refractivity contribution is 5.82. The van der Waals surface area contributed by atoms with Crippen LogP contribution in [0.15, 0.2) is 72.8 Å². The van der Waals surface area contributed by atoms with Crippen LogP contribution in [0, 0.1) is 72.8 Å². The van der Waals surface area contributed by atoms with Crippen LogP contribution in [-0.4, -0.2) is 26.4 Å². The van der Waals surface area contributed by atoms with Crippen molar-refractivity contribution in [3.05, 3.63) is 146 Å². The first kappa shape index (κ1) is 72.2. The standard InChI is InChI=1S/C84H112O4/c1-5-9-13-17-21-25-29-33-37-45-65-85-81-61-59-75-57-53-73-55-63-84(88-68-48-40-36-32-28-24-20-16-12-8-4)80(69-73)52-44-42-50-78-72-82(86-66-46-38-34-30-26-22-18-14-10-6-2)62-60-76(78)58-54-74-56-64-83(79(70-74)51-43-41-49-77(75)71-81)87-67-47-39-35-31-27-23-19-15-11-7-3/h55-56,59-64,69-72H,5-40,45-48,65-68H2,1-4H3. The van der Waals surface area contributed by atoms with Crippen LogP contribution < -0.4 is 18.9 Å². The van der Waals surface area contributed by atoms with Gasteiger partial charge < -0.3 is 18.9 Å². The van der Waals surface area contributed by atoms with Crippen LogP contribution in [0.4, 0.5) is 0 Å². The van der Waals surface area contributed by atoms with Gasteiger partial charge in [-0.25, -0.2) is 0 Å². The molecule has 0 fully saturated rings. The van der Waals surface area contributed by atoms with Crippen molar-refractivity contribution in [2.45, 2.75) is 285 Å². The second-order valence-electron chi connectivity index (χ2n) is 24.5. The van der Waals surface area contributed by atoms with E-state index in [0.717, 1.165) is 105 Å². The third-order valence-electron chi connectivity index (χ3n) is 16.6. The number of benzene rings is 4. The molecule has 0 amide bonds. The second-order valence-corrected chi connectivity index (χ2v) is 24.5. The van der Waals surface area contributed by atoms with E-state index in [1.54, 1.807) is 0 Å². The van der Waals surface area contributed by atoms with Gasteiger partial charge in [-0.3, -0.25) is 0 Å². The maximum absolute atomic E-state index is 6.48. The van der Waals surface area contributed by atoms with Gasteiger partial charge in [-0.15, -0.1) is 0 Å². The Hall–Kier alpha value is -6.56. The van der Waals surface area contributed by atoms with Crippen molar-refractivity contribution in [1.29, 1.82) is 0 Å². The minimum Gasteiger partial charge on any atom is -0.494 e. The molecule has 0 unspecified atom stereocenters. The van der Waals surface area contributed by atoms with Crippen molar-refractivity contribution in [1.82, 2.24) is 0 Å². The molecule has 0 aromatic heterocycles. The van der Waals surface area contributed by atoms with E-state index in [2.05, 4.69) is 100 Å². The Balaban J connectivity index is 1.47. The highest BCUT2D eigenvalue weighted by atomic mass is 16.5. The van der Waals surface area contributed by atoms with Crippen molar-refractivity contribution in [2.24, 2.45) is 0 Å². The van der Waals surface area contributed by atoms with Crippen LogP contribution in [-0.2, 0) is 0 Å². The number of hydrogen-bond donors (Lipinski definition) is 0. The molecule has 0 saturated carbocycles. The fraction of sp³-hybridized carbons (Fsp3) is 0.571. The van der Waals surface area contributed by atoms with Crippen LogP contribution in [0.3, 0.4) is 0 Å². The Morgan fingerprint density at radius 3 is 0.773 bits per heavy atom. The molecule has 5 rings (SSSR count). The average molecular weight is 1190 g/mol. The molecule has 4 nitrogen and oxygen atoms in total. The summed E-state index contributed by atoms with van der Waals surface area (Å²) < 4.78 is 25.7. The first-order valence-corrected chi connectivity index (χ1v) is 35.8. The van der Waals surface area contributed by atoms with Gasteiger partial charge in [0.25, 0.3) is 0 Å². The average Bonchev–Trinajstić information content (AvgIpc) is 3.74. The summed E-state index contributed by atoms with van der Waals surface area (Å²) in [6.07, 6.45) is 51.0. The summed E-state index contributed by atoms with van der Waals surface area (Å²) in [6, 6.07) is 64.3. The van der Waals surface area contributed by atoms with Gasteiger partial charge >= 0.3 is 0 Å². The normalized spacial score (nSPS) is 10.6. The first-order chi connectivity index (χ1) is 43.6. The molecule has 88 heavy (non-hydrogen) atoms. The molecule has 4 bridgehead atoms. The maximum atomic E-state index is 6.48. The van der Waals surface area contributed by atoms with E-state index in [0.29, 0.717) is 26.4 Å². The van der Waals surface area contributed by atoms with Crippen molar-refractivity contribution >= 4 is 43.1 Å². The molecule has 472 valence electrons. The Morgan fingerprint density at radius 2 is 0.477 bits per heavy atom. The lowest BCUT2D eigenvalue weighted by molar-refractivity contribution is 0.304. The highest BCUT2D eigenvalue weighted by Crippen LogP contribution is 2.25. The Bertz CT molecular complexity index is 2620. The summed E-state index contributed by atoms with van der Waals surface area (Å²) in [5.41, 5.74) is 0. The van der Waals surface area contributed by atoms with E-state index in [1.165, 1.54) is 218 Å². The van der Waals surface area contributed by atoms with Gasteiger partial charge in [0.05, 0.1) is 37.2 Å². The topological polar surface area (TPSA) is 36.9 Å². The molecule has 0 aliphatic carbocycles. The minimum absolute atomic E-state index is 0.630. The number of ether oxygens (including phenoxy) is 4. The van der Waals surface area contributed by atoms with Crippen LogP contribution >= 0.6 is 0 Å². The summed E-state index contributed by atoms with van der Waals surface area (Å²) in [7, 11) is 0. The van der Waals surface area contributed by atoms with Gasteiger partial charge in [0.1, 0.15) is 23.0 Å². The minimum atomic E-state index is 0.630. The van der Waals surface area contributed by atoms with Crippen molar-refractivity contribution < 1.29 is 18.9 Å². The third-order valence-corrected chi connectivity index (χ3v) is 16.6. The number of unbranched alkanes of at least 4 members (excludes halogenated alkanes) is 36. The predicted octanol–water partition coefficient (Wildman–Crippen LogP) is 25.0. The smallest absolute Gasteiger partial charge is 0.135 e. The van der Waals surface area contributed by atoms with Crippen LogP contribution in [0.25, 0.3) is 43.1 Å². The molecular formula is C84H112O4. The van der Waals surface area contributed by atoms with E-state index in [9.17, 15) is 0 Å². The molecule has 0 aliphatic heterocycles. The number of fused-ring (bicyclic) bond motifs is 6. The fourth-order valence-electron chi connectivity index (χ4n) is 11.1. The van der Waals surface area contributed by atoms with Gasteiger partial charge in [-0.2, -0.15) is 0 Å². The molecule has 0 heterocycles. The molecule has 0 aliphatic rings. The molecule has 0 N–H and O–H groups in total. The van der Waals surface area contributed by atoms with E-state index < -0.39 is 0 Å². The number of rotatable bonds is 48. The Labute approximate surface area is 538 Å². The molecule has 0 radical (unpaired) electrons. The zero-order chi connectivity index (χ0) is 61.8. The Morgan fingerprint density at radius 1 is 0.216 bits per heavy atom. The quantitative estimate of drug-likeness (QED) is 0.0364. The van der Waals surface area contributed by atoms with Crippen molar-refractivity contribution in [3.63, 3.8) is 0 Å². The lowest BCUT2D eigenvalue weighted by Crippen LogP contribution is -1.97. The number of hydrogen-bond acceptors (Lipinski definition) is 4. The predicted molar refractivity (Wildman–Crippen MR) is 374 cm³/mol. The molecular weight excluding hydrogens is 1070 g/mol. The second kappa shape index (κ2) is 49.3. The monoisotopic (exact) mass is 1180 g/mol. The summed E-state index contributed by atoms with van der Waals surface area (Å²) in [5.74, 6) is 3.04. The summed E-state index contributed by atoms with van der Waals surface area (Å²) in [4.78, 5) is 0. The molecule has 0 saturated heterocycles. The maximum Gasteiger partial charge on any atom is 0.135 e. The van der Waals surface area contributed by atoms with E-state index in [-0.39, 0.29) is 0 Å². The van der Waals surface area contributed by atoms with Crippen molar-refractivity contribution in [3.8, 4) is 23.0 Å². The van der Waals surface area contributed by atoms with Gasteiger partial charge in [0.15, 0.2) is 0 Å². The van der Waals surface area contributed by atoms with Gasteiger partial charge in [0, 0.05) is 32.3 Å². The molecule has 0 spiro atoms. The first-order valence-electron chi connectivity index (χ1n) is 35.8. The summed E-state index contributed by atoms with van der Waals surface area (Å²) >= 11 is 0. The molecule has 5 aromatic rings. The van der Waals surface area contributed by atoms with Crippen LogP contribution in [0.2, 0.25) is 0 Å². The van der Waals surface area contributed by atoms with E-state index in [4.69, 9.17) is 18.9 Å². The largest absolute Gasteiger partial charge is 0.494 e. The highest BCUT2D eigenvalue weighted by Gasteiger charge is 2.04. The lowest BCUT2D eigenvalue weighted by atomic mass is 10.1. The van der Waals surface area contributed by atoms with E-state index >= 15 is 0 Å². The van der Waals surface area contributed by atoms with Gasteiger partial charge in [-0.05, 0) is 135 Å². The lowest BCUT2D eigenvalue weighted by Gasteiger charge is -2.07. The zero-order valence-electron chi connectivity index (χ0n) is 55.7. The van der Waals surface area contributed by atoms with Gasteiger partial charge in [-0.1, -0.05) is 295 Å². The molecule has 4 heteroatoms. The van der Waals surface area contributed by atoms with Crippen molar-refractivity contribution in [2.75, 3.05) is 26.4 Å². The third kappa shape index (κ3) is 33.1. The van der Waals surface area contributed by atoms with Crippen LogP contribution in [0.5, 0.6) is 23.0 Å². The zero-order valence-corrected chi connectivity index (χ0v) is 55.7. The SMILES string of the molecule is CCCCCCCCCCCCOc1ccc2c#cc3ccc(OCCCCCCCCCCCC)c(c#cc#cc4cc(OCCCCCCCCCCCC)ccc4c#cc4ccc(OCCCCCCCCCCCC)c(c#cc#cc2c1)c4)c3. The van der Waals surface area contributed by atoms with Gasteiger partial charge in [0.2, 0.25) is 0 Å². The molecule has 0 atom stereocenters. The van der Waals surface area contributed by atoms with E-state index in [1.807, 2.05) is 72.8 Å². The molecule has 5 aromatic carbocycles. The summed E-state index contributed by atoms with van der Waals surface area (Å²) in [6.45, 7) is 11.7. The van der Waals surface area contributed by atoms with Crippen LogP contribution in [0.1, 0.15) is 285 Å². The Kier molecular flexibility index (Phi) is 40.5. The summed E-state index contributed by atoms with van der Waals surface area (Å²) in [5, 5.41) is 6.26.